The molecule has 0 saturated carbocycles. The summed E-state index contributed by atoms with van der Waals surface area (Å²) < 4.78 is 5.44. The molecule has 3 nitrogen and oxygen atoms in total. The summed E-state index contributed by atoms with van der Waals surface area (Å²) in [6.45, 7) is 3.59. The first kappa shape index (κ1) is 12.5. The summed E-state index contributed by atoms with van der Waals surface area (Å²) in [7, 11) is 0. The Kier molecular flexibility index (Phi) is 4.45. The molecule has 1 aromatic carbocycles. The molecule has 1 unspecified atom stereocenters. The van der Waals surface area contributed by atoms with Crippen LogP contribution >= 0.6 is 11.8 Å². The third-order valence-corrected chi connectivity index (χ3v) is 3.94. The Hall–Kier alpha value is -1.00. The van der Waals surface area contributed by atoms with Gasteiger partial charge in [0.25, 0.3) is 0 Å². The highest BCUT2D eigenvalue weighted by Crippen LogP contribution is 2.22. The van der Waals surface area contributed by atoms with Gasteiger partial charge in [0, 0.05) is 12.3 Å². The predicted molar refractivity (Wildman–Crippen MR) is 69.7 cm³/mol. The van der Waals surface area contributed by atoms with Crippen LogP contribution in [0.5, 0.6) is 0 Å². The summed E-state index contributed by atoms with van der Waals surface area (Å²) >= 11 is 1.81. The fraction of sp³-hybridized carbons (Fsp3) is 0.462. The zero-order chi connectivity index (χ0) is 12.1. The molecule has 1 amide bonds. The second-order valence-electron chi connectivity index (χ2n) is 4.04. The standard InChI is InChI=1S/C13H17NO2S/c1-11-14(7-8-17-11)13(15)10-16-9-12-5-3-2-4-6-12/h2-6,11H,7-10H2,1H3. The molecule has 1 aliphatic rings. The van der Waals surface area contributed by atoms with Gasteiger partial charge in [-0.05, 0) is 12.5 Å². The third kappa shape index (κ3) is 3.48. The van der Waals surface area contributed by atoms with Crippen molar-refractivity contribution in [1.82, 2.24) is 4.90 Å². The van der Waals surface area contributed by atoms with Gasteiger partial charge in [-0.3, -0.25) is 4.79 Å². The molecular weight excluding hydrogens is 234 g/mol. The van der Waals surface area contributed by atoms with E-state index in [1.54, 1.807) is 0 Å². The first-order valence-electron chi connectivity index (χ1n) is 5.80. The average molecular weight is 251 g/mol. The molecule has 1 fully saturated rings. The van der Waals surface area contributed by atoms with E-state index in [9.17, 15) is 4.79 Å². The number of hydrogen-bond acceptors (Lipinski definition) is 3. The quantitative estimate of drug-likeness (QED) is 0.821. The summed E-state index contributed by atoms with van der Waals surface area (Å²) in [5.74, 6) is 1.13. The van der Waals surface area contributed by atoms with Crippen LogP contribution in [-0.4, -0.2) is 35.1 Å². The Bertz CT molecular complexity index is 369. The SMILES string of the molecule is CC1SCCN1C(=O)COCc1ccccc1. The number of benzene rings is 1. The van der Waals surface area contributed by atoms with Gasteiger partial charge in [-0.1, -0.05) is 30.3 Å². The van der Waals surface area contributed by atoms with E-state index in [4.69, 9.17) is 4.74 Å². The lowest BCUT2D eigenvalue weighted by Gasteiger charge is -2.20. The second-order valence-corrected chi connectivity index (χ2v) is 5.46. The van der Waals surface area contributed by atoms with Gasteiger partial charge < -0.3 is 9.64 Å². The van der Waals surface area contributed by atoms with Crippen LogP contribution < -0.4 is 0 Å². The van der Waals surface area contributed by atoms with Gasteiger partial charge in [-0.15, -0.1) is 11.8 Å². The fourth-order valence-electron chi connectivity index (χ4n) is 1.83. The molecule has 1 saturated heterocycles. The minimum atomic E-state index is 0.0958. The van der Waals surface area contributed by atoms with Crippen molar-refractivity contribution in [3.05, 3.63) is 35.9 Å². The molecule has 0 N–H and O–H groups in total. The molecule has 0 aromatic heterocycles. The van der Waals surface area contributed by atoms with Crippen molar-refractivity contribution in [2.24, 2.45) is 0 Å². The summed E-state index contributed by atoms with van der Waals surface area (Å²) in [5, 5.41) is 0.294. The van der Waals surface area contributed by atoms with Gasteiger partial charge >= 0.3 is 0 Å². The van der Waals surface area contributed by atoms with Crippen molar-refractivity contribution in [2.75, 3.05) is 18.9 Å². The topological polar surface area (TPSA) is 29.5 Å². The highest BCUT2D eigenvalue weighted by Gasteiger charge is 2.25. The summed E-state index contributed by atoms with van der Waals surface area (Å²) in [6, 6.07) is 9.91. The highest BCUT2D eigenvalue weighted by atomic mass is 32.2. The summed E-state index contributed by atoms with van der Waals surface area (Å²) in [6.07, 6.45) is 0. The second kappa shape index (κ2) is 6.07. The van der Waals surface area contributed by atoms with E-state index in [2.05, 4.69) is 6.92 Å². The van der Waals surface area contributed by atoms with Crippen molar-refractivity contribution in [3.8, 4) is 0 Å². The average Bonchev–Trinajstić information content (AvgIpc) is 2.77. The number of hydrogen-bond donors (Lipinski definition) is 0. The maximum atomic E-state index is 11.8. The van der Waals surface area contributed by atoms with E-state index in [1.807, 2.05) is 47.0 Å². The van der Waals surface area contributed by atoms with Gasteiger partial charge in [-0.2, -0.15) is 0 Å². The first-order valence-corrected chi connectivity index (χ1v) is 6.85. The van der Waals surface area contributed by atoms with Crippen LogP contribution in [0.25, 0.3) is 0 Å². The molecule has 1 aromatic rings. The Labute approximate surface area is 106 Å². The Morgan fingerprint density at radius 1 is 1.47 bits per heavy atom. The molecule has 2 rings (SSSR count). The molecule has 92 valence electrons. The predicted octanol–water partition coefficient (Wildman–Crippen LogP) is 2.12. The number of rotatable bonds is 4. The van der Waals surface area contributed by atoms with E-state index in [1.165, 1.54) is 0 Å². The van der Waals surface area contributed by atoms with Gasteiger partial charge in [-0.25, -0.2) is 0 Å². The molecule has 17 heavy (non-hydrogen) atoms. The normalized spacial score (nSPS) is 19.6. The molecule has 1 aliphatic heterocycles. The van der Waals surface area contributed by atoms with Gasteiger partial charge in [0.15, 0.2) is 0 Å². The molecule has 0 aliphatic carbocycles. The summed E-state index contributed by atoms with van der Waals surface area (Å²) in [4.78, 5) is 13.7. The Morgan fingerprint density at radius 2 is 2.24 bits per heavy atom. The smallest absolute Gasteiger partial charge is 0.249 e. The highest BCUT2D eigenvalue weighted by molar-refractivity contribution is 8.00. The molecule has 1 atom stereocenters. The number of ether oxygens (including phenoxy) is 1. The Balaban J connectivity index is 1.73. The van der Waals surface area contributed by atoms with Crippen molar-refractivity contribution < 1.29 is 9.53 Å². The van der Waals surface area contributed by atoms with E-state index < -0.39 is 0 Å². The minimum absolute atomic E-state index is 0.0958. The van der Waals surface area contributed by atoms with E-state index in [0.717, 1.165) is 17.9 Å². The number of carbonyl (C=O) groups excluding carboxylic acids is 1. The number of nitrogens with zero attached hydrogens (tertiary/aromatic N) is 1. The lowest BCUT2D eigenvalue weighted by atomic mass is 10.2. The number of carbonyl (C=O) groups is 1. The number of thioether (sulfide) groups is 1. The maximum absolute atomic E-state index is 11.8. The number of amides is 1. The first-order chi connectivity index (χ1) is 8.27. The lowest BCUT2D eigenvalue weighted by molar-refractivity contribution is -0.136. The van der Waals surface area contributed by atoms with Crippen LogP contribution in [0.15, 0.2) is 30.3 Å². The maximum Gasteiger partial charge on any atom is 0.249 e. The van der Waals surface area contributed by atoms with Crippen molar-refractivity contribution >= 4 is 17.7 Å². The molecule has 0 spiro atoms. The zero-order valence-electron chi connectivity index (χ0n) is 9.96. The largest absolute Gasteiger partial charge is 0.367 e. The molecular formula is C13H17NO2S. The van der Waals surface area contributed by atoms with Crippen LogP contribution in [0, 0.1) is 0 Å². The van der Waals surface area contributed by atoms with E-state index in [-0.39, 0.29) is 12.5 Å². The lowest BCUT2D eigenvalue weighted by Crippen LogP contribution is -2.35. The van der Waals surface area contributed by atoms with Crippen molar-refractivity contribution in [1.29, 1.82) is 0 Å². The van der Waals surface area contributed by atoms with Crippen LogP contribution in [0.1, 0.15) is 12.5 Å². The third-order valence-electron chi connectivity index (χ3n) is 2.79. The van der Waals surface area contributed by atoms with Crippen LogP contribution in [-0.2, 0) is 16.1 Å². The molecule has 0 bridgehead atoms. The van der Waals surface area contributed by atoms with E-state index in [0.29, 0.717) is 12.0 Å². The Morgan fingerprint density at radius 3 is 2.88 bits per heavy atom. The van der Waals surface area contributed by atoms with Crippen LogP contribution in [0.4, 0.5) is 0 Å². The van der Waals surface area contributed by atoms with E-state index >= 15 is 0 Å². The minimum Gasteiger partial charge on any atom is -0.367 e. The van der Waals surface area contributed by atoms with Gasteiger partial charge in [0.1, 0.15) is 6.61 Å². The zero-order valence-corrected chi connectivity index (χ0v) is 10.8. The summed E-state index contributed by atoms with van der Waals surface area (Å²) in [5.41, 5.74) is 1.10. The van der Waals surface area contributed by atoms with Gasteiger partial charge in [0.2, 0.25) is 5.91 Å². The van der Waals surface area contributed by atoms with Crippen LogP contribution in [0.3, 0.4) is 0 Å². The van der Waals surface area contributed by atoms with Crippen molar-refractivity contribution in [3.63, 3.8) is 0 Å². The molecule has 4 heteroatoms. The van der Waals surface area contributed by atoms with Gasteiger partial charge in [0.05, 0.1) is 12.0 Å². The molecule has 1 heterocycles. The fourth-order valence-corrected chi connectivity index (χ4v) is 2.88. The van der Waals surface area contributed by atoms with Crippen LogP contribution in [0.2, 0.25) is 0 Å². The monoisotopic (exact) mass is 251 g/mol. The molecule has 0 radical (unpaired) electrons. The van der Waals surface area contributed by atoms with Crippen molar-refractivity contribution in [2.45, 2.75) is 18.9 Å².